The Morgan fingerprint density at radius 2 is 2.25 bits per heavy atom. The zero-order valence-electron chi connectivity index (χ0n) is 10.0. The van der Waals surface area contributed by atoms with Crippen molar-refractivity contribution < 1.29 is 0 Å². The smallest absolute Gasteiger partial charge is 0.0543 e. The van der Waals surface area contributed by atoms with Gasteiger partial charge in [-0.15, -0.1) is 0 Å². The SMILES string of the molecule is CN(CCC1(N)CCC1)Cc1ccccn1. The van der Waals surface area contributed by atoms with E-state index in [0.717, 1.165) is 25.2 Å². The van der Waals surface area contributed by atoms with Crippen LogP contribution >= 0.6 is 0 Å². The Kier molecular flexibility index (Phi) is 3.56. The molecule has 1 heterocycles. The molecule has 1 aromatic rings. The lowest BCUT2D eigenvalue weighted by Gasteiger charge is -2.39. The number of hydrogen-bond donors (Lipinski definition) is 1. The van der Waals surface area contributed by atoms with E-state index in [1.54, 1.807) is 0 Å². The molecule has 0 aliphatic heterocycles. The summed E-state index contributed by atoms with van der Waals surface area (Å²) in [5.41, 5.74) is 7.47. The molecule has 0 aromatic carbocycles. The summed E-state index contributed by atoms with van der Waals surface area (Å²) in [6.07, 6.45) is 6.66. The summed E-state index contributed by atoms with van der Waals surface area (Å²) in [5.74, 6) is 0. The van der Waals surface area contributed by atoms with Gasteiger partial charge in [-0.3, -0.25) is 4.98 Å². The lowest BCUT2D eigenvalue weighted by molar-refractivity contribution is 0.193. The molecule has 0 atom stereocenters. The van der Waals surface area contributed by atoms with Crippen molar-refractivity contribution in [3.63, 3.8) is 0 Å². The van der Waals surface area contributed by atoms with E-state index in [0.29, 0.717) is 0 Å². The van der Waals surface area contributed by atoms with Gasteiger partial charge >= 0.3 is 0 Å². The van der Waals surface area contributed by atoms with Crippen molar-refractivity contribution in [1.82, 2.24) is 9.88 Å². The van der Waals surface area contributed by atoms with Crippen LogP contribution in [0.2, 0.25) is 0 Å². The Bertz CT molecular complexity index is 319. The van der Waals surface area contributed by atoms with Crippen molar-refractivity contribution in [3.05, 3.63) is 30.1 Å². The summed E-state index contributed by atoms with van der Waals surface area (Å²) < 4.78 is 0. The highest BCUT2D eigenvalue weighted by atomic mass is 15.1. The van der Waals surface area contributed by atoms with E-state index in [1.807, 2.05) is 18.3 Å². The van der Waals surface area contributed by atoms with Gasteiger partial charge in [-0.2, -0.15) is 0 Å². The van der Waals surface area contributed by atoms with Crippen LogP contribution in [0.25, 0.3) is 0 Å². The zero-order valence-corrected chi connectivity index (χ0v) is 10.0. The van der Waals surface area contributed by atoms with Crippen LogP contribution in [-0.4, -0.2) is 29.0 Å². The molecule has 1 aromatic heterocycles. The van der Waals surface area contributed by atoms with Crippen molar-refractivity contribution in [2.75, 3.05) is 13.6 Å². The molecule has 1 fully saturated rings. The summed E-state index contributed by atoms with van der Waals surface area (Å²) in [7, 11) is 2.14. The van der Waals surface area contributed by atoms with Gasteiger partial charge in [0, 0.05) is 18.3 Å². The molecule has 0 amide bonds. The van der Waals surface area contributed by atoms with Crippen LogP contribution in [-0.2, 0) is 6.54 Å². The van der Waals surface area contributed by atoms with Crippen LogP contribution in [0, 0.1) is 0 Å². The van der Waals surface area contributed by atoms with E-state index in [9.17, 15) is 0 Å². The van der Waals surface area contributed by atoms with Gasteiger partial charge in [-0.05, 0) is 51.4 Å². The zero-order chi connectivity index (χ0) is 11.4. The largest absolute Gasteiger partial charge is 0.325 e. The van der Waals surface area contributed by atoms with Gasteiger partial charge in [0.1, 0.15) is 0 Å². The highest BCUT2D eigenvalue weighted by molar-refractivity contribution is 5.03. The van der Waals surface area contributed by atoms with Gasteiger partial charge in [0.2, 0.25) is 0 Å². The van der Waals surface area contributed by atoms with Crippen LogP contribution in [0.4, 0.5) is 0 Å². The fourth-order valence-electron chi connectivity index (χ4n) is 2.14. The fraction of sp³-hybridized carbons (Fsp3) is 0.615. The van der Waals surface area contributed by atoms with Crippen LogP contribution in [0.1, 0.15) is 31.4 Å². The van der Waals surface area contributed by atoms with E-state index in [1.165, 1.54) is 19.3 Å². The van der Waals surface area contributed by atoms with Crippen LogP contribution < -0.4 is 5.73 Å². The molecule has 0 radical (unpaired) electrons. The maximum absolute atomic E-state index is 6.20. The third kappa shape index (κ3) is 3.03. The van der Waals surface area contributed by atoms with E-state index in [-0.39, 0.29) is 5.54 Å². The quantitative estimate of drug-likeness (QED) is 0.821. The molecule has 0 unspecified atom stereocenters. The molecule has 88 valence electrons. The van der Waals surface area contributed by atoms with Crippen molar-refractivity contribution in [2.24, 2.45) is 5.73 Å². The Labute approximate surface area is 97.7 Å². The average molecular weight is 219 g/mol. The summed E-state index contributed by atoms with van der Waals surface area (Å²) in [6.45, 7) is 1.98. The van der Waals surface area contributed by atoms with Crippen molar-refractivity contribution >= 4 is 0 Å². The van der Waals surface area contributed by atoms with Gasteiger partial charge in [-0.1, -0.05) is 6.07 Å². The minimum Gasteiger partial charge on any atom is -0.325 e. The third-order valence-electron chi connectivity index (χ3n) is 3.50. The first kappa shape index (κ1) is 11.6. The molecule has 1 saturated carbocycles. The van der Waals surface area contributed by atoms with Crippen molar-refractivity contribution in [1.29, 1.82) is 0 Å². The molecule has 1 aliphatic rings. The van der Waals surface area contributed by atoms with Crippen LogP contribution in [0.5, 0.6) is 0 Å². The van der Waals surface area contributed by atoms with Gasteiger partial charge in [0.15, 0.2) is 0 Å². The van der Waals surface area contributed by atoms with Crippen LogP contribution in [0.3, 0.4) is 0 Å². The maximum atomic E-state index is 6.20. The molecule has 3 heteroatoms. The minimum atomic E-state index is 0.137. The molecule has 16 heavy (non-hydrogen) atoms. The molecule has 0 saturated heterocycles. The maximum Gasteiger partial charge on any atom is 0.0543 e. The second-order valence-corrected chi connectivity index (χ2v) is 5.02. The molecule has 0 spiro atoms. The monoisotopic (exact) mass is 219 g/mol. The standard InChI is InChI=1S/C13H21N3/c1-16(10-8-13(14)6-4-7-13)11-12-5-2-3-9-15-12/h2-3,5,9H,4,6-8,10-11,14H2,1H3. The third-order valence-corrected chi connectivity index (χ3v) is 3.50. The van der Waals surface area contributed by atoms with Crippen molar-refractivity contribution in [2.45, 2.75) is 37.8 Å². The average Bonchev–Trinajstić information content (AvgIpc) is 2.25. The summed E-state index contributed by atoms with van der Waals surface area (Å²) in [5, 5.41) is 0. The predicted molar refractivity (Wildman–Crippen MR) is 66.0 cm³/mol. The minimum absolute atomic E-state index is 0.137. The number of aromatic nitrogens is 1. The number of rotatable bonds is 5. The predicted octanol–water partition coefficient (Wildman–Crippen LogP) is 1.78. The molecule has 0 bridgehead atoms. The second-order valence-electron chi connectivity index (χ2n) is 5.02. The van der Waals surface area contributed by atoms with E-state index in [4.69, 9.17) is 5.73 Å². The van der Waals surface area contributed by atoms with E-state index in [2.05, 4.69) is 23.0 Å². The molecule has 2 N–H and O–H groups in total. The van der Waals surface area contributed by atoms with E-state index >= 15 is 0 Å². The molecule has 2 rings (SSSR count). The van der Waals surface area contributed by atoms with Crippen molar-refractivity contribution in [3.8, 4) is 0 Å². The van der Waals surface area contributed by atoms with Gasteiger partial charge < -0.3 is 10.6 Å². The highest BCUT2D eigenvalue weighted by Crippen LogP contribution is 2.32. The molecule has 3 nitrogen and oxygen atoms in total. The lowest BCUT2D eigenvalue weighted by atomic mass is 9.75. The Balaban J connectivity index is 1.74. The molecule has 1 aliphatic carbocycles. The first-order valence-corrected chi connectivity index (χ1v) is 6.05. The van der Waals surface area contributed by atoms with Gasteiger partial charge in [0.25, 0.3) is 0 Å². The highest BCUT2D eigenvalue weighted by Gasteiger charge is 2.31. The van der Waals surface area contributed by atoms with E-state index < -0.39 is 0 Å². The van der Waals surface area contributed by atoms with Gasteiger partial charge in [-0.25, -0.2) is 0 Å². The molecular weight excluding hydrogens is 198 g/mol. The fourth-order valence-corrected chi connectivity index (χ4v) is 2.14. The lowest BCUT2D eigenvalue weighted by Crippen LogP contribution is -2.48. The Morgan fingerprint density at radius 3 is 2.81 bits per heavy atom. The van der Waals surface area contributed by atoms with Gasteiger partial charge in [0.05, 0.1) is 5.69 Å². The summed E-state index contributed by atoms with van der Waals surface area (Å²) in [4.78, 5) is 6.63. The topological polar surface area (TPSA) is 42.1 Å². The number of nitrogens with zero attached hydrogens (tertiary/aromatic N) is 2. The number of pyridine rings is 1. The Hall–Kier alpha value is -0.930. The normalized spacial score (nSPS) is 18.4. The second kappa shape index (κ2) is 4.93. The van der Waals surface area contributed by atoms with Crippen LogP contribution in [0.15, 0.2) is 24.4 Å². The Morgan fingerprint density at radius 1 is 1.44 bits per heavy atom. The summed E-state index contributed by atoms with van der Waals surface area (Å²) in [6, 6.07) is 6.05. The molecular formula is C13H21N3. The summed E-state index contributed by atoms with van der Waals surface area (Å²) >= 11 is 0. The number of hydrogen-bond acceptors (Lipinski definition) is 3. The number of nitrogens with two attached hydrogens (primary N) is 1. The first-order chi connectivity index (χ1) is 7.68. The first-order valence-electron chi connectivity index (χ1n) is 6.05.